The maximum absolute atomic E-state index is 13.0. The molecule has 0 spiro atoms. The SMILES string of the molecule is CCC1CCc2c(sc3cc(NS(=O)(=O)CCN4C(=O)C5=C(CC=CC=C5)C4=O)ccc3c2=O)C1. The normalized spacial score (nSPS) is 19.8. The van der Waals surface area contributed by atoms with Gasteiger partial charge in [-0.15, -0.1) is 11.3 Å². The smallest absolute Gasteiger partial charge is 0.261 e. The summed E-state index contributed by atoms with van der Waals surface area (Å²) in [5, 5.41) is 0.606. The third-order valence-electron chi connectivity index (χ3n) is 6.92. The molecule has 1 N–H and O–H groups in total. The van der Waals surface area contributed by atoms with Crippen molar-refractivity contribution in [3.8, 4) is 0 Å². The summed E-state index contributed by atoms with van der Waals surface area (Å²) >= 11 is 1.56. The number of sulfonamides is 1. The van der Waals surface area contributed by atoms with Crippen LogP contribution in [0, 0.1) is 5.92 Å². The Kier molecular flexibility index (Phi) is 6.23. The van der Waals surface area contributed by atoms with Gasteiger partial charge in [0.2, 0.25) is 10.0 Å². The molecule has 1 aromatic heterocycles. The molecule has 7 nitrogen and oxygen atoms in total. The lowest BCUT2D eigenvalue weighted by Gasteiger charge is -2.22. The minimum absolute atomic E-state index is 0.0416. The Bertz CT molecular complexity index is 1500. The van der Waals surface area contributed by atoms with Gasteiger partial charge >= 0.3 is 0 Å². The molecule has 1 aliphatic heterocycles. The molecular weight excluding hydrogens is 484 g/mol. The van der Waals surface area contributed by atoms with E-state index in [1.807, 2.05) is 0 Å². The topological polar surface area (TPSA) is 101 Å². The first-order valence-corrected chi connectivity index (χ1v) is 14.3. The van der Waals surface area contributed by atoms with E-state index < -0.39 is 27.6 Å². The van der Waals surface area contributed by atoms with Crippen LogP contribution in [0.5, 0.6) is 0 Å². The Labute approximate surface area is 207 Å². The molecule has 1 atom stereocenters. The number of fused-ring (bicyclic) bond motifs is 2. The molecule has 0 saturated carbocycles. The summed E-state index contributed by atoms with van der Waals surface area (Å²) in [6, 6.07) is 4.96. The molecule has 2 heterocycles. The molecule has 2 aliphatic carbocycles. The zero-order valence-corrected chi connectivity index (χ0v) is 21.0. The van der Waals surface area contributed by atoms with Gasteiger partial charge in [0.15, 0.2) is 5.43 Å². The minimum Gasteiger partial charge on any atom is -0.289 e. The van der Waals surface area contributed by atoms with Crippen molar-refractivity contribution in [2.24, 2.45) is 5.92 Å². The molecular formula is C26H26N2O5S2. The minimum atomic E-state index is -3.84. The van der Waals surface area contributed by atoms with Crippen molar-refractivity contribution >= 4 is 48.9 Å². The van der Waals surface area contributed by atoms with E-state index in [1.165, 1.54) is 0 Å². The number of amides is 2. The highest BCUT2D eigenvalue weighted by molar-refractivity contribution is 7.92. The number of benzene rings is 1. The number of anilines is 1. The predicted octanol–water partition coefficient (Wildman–Crippen LogP) is 3.70. The molecule has 182 valence electrons. The Morgan fingerprint density at radius 3 is 2.77 bits per heavy atom. The van der Waals surface area contributed by atoms with E-state index >= 15 is 0 Å². The van der Waals surface area contributed by atoms with E-state index in [1.54, 1.807) is 53.8 Å². The number of carbonyl (C=O) groups excluding carboxylic acids is 2. The van der Waals surface area contributed by atoms with Gasteiger partial charge < -0.3 is 0 Å². The molecule has 0 saturated heterocycles. The third kappa shape index (κ3) is 4.50. The fraction of sp³-hybridized carbons (Fsp3) is 0.346. The summed E-state index contributed by atoms with van der Waals surface area (Å²) in [5.41, 5.74) is 2.02. The van der Waals surface area contributed by atoms with Gasteiger partial charge in [-0.2, -0.15) is 0 Å². The van der Waals surface area contributed by atoms with Crippen LogP contribution in [0.15, 0.2) is 58.4 Å². The zero-order valence-electron chi connectivity index (χ0n) is 19.4. The van der Waals surface area contributed by atoms with Gasteiger partial charge in [-0.25, -0.2) is 8.42 Å². The largest absolute Gasteiger partial charge is 0.289 e. The van der Waals surface area contributed by atoms with E-state index in [9.17, 15) is 22.8 Å². The standard InChI is InChI=1S/C26H26N2O5S2/c1-2-16-8-10-20-22(14-16)34-23-15-17(9-11-21(23)24(20)29)27-35(32,33)13-12-28-25(30)18-6-4-3-5-7-19(18)26(28)31/h3-6,9,11,15-16,27H,2,7-8,10,12-14H2,1H3. The molecule has 5 rings (SSSR count). The van der Waals surface area contributed by atoms with Crippen molar-refractivity contribution in [1.82, 2.24) is 4.90 Å². The lowest BCUT2D eigenvalue weighted by molar-refractivity contribution is -0.137. The molecule has 9 heteroatoms. The van der Waals surface area contributed by atoms with E-state index in [0.717, 1.165) is 45.7 Å². The summed E-state index contributed by atoms with van der Waals surface area (Å²) < 4.78 is 28.9. The number of nitrogens with zero attached hydrogens (tertiary/aromatic N) is 1. The van der Waals surface area contributed by atoms with Crippen molar-refractivity contribution in [3.05, 3.63) is 74.3 Å². The summed E-state index contributed by atoms with van der Waals surface area (Å²) in [6.07, 6.45) is 11.0. The molecule has 2 aromatic rings. The monoisotopic (exact) mass is 510 g/mol. The van der Waals surface area contributed by atoms with Crippen molar-refractivity contribution in [2.75, 3.05) is 17.0 Å². The molecule has 2 amide bonds. The predicted molar refractivity (Wildman–Crippen MR) is 138 cm³/mol. The van der Waals surface area contributed by atoms with Gasteiger partial charge in [-0.1, -0.05) is 31.6 Å². The lowest BCUT2D eigenvalue weighted by atomic mass is 9.87. The molecule has 0 bridgehead atoms. The molecule has 3 aliphatic rings. The van der Waals surface area contributed by atoms with Crippen LogP contribution in [0.4, 0.5) is 5.69 Å². The van der Waals surface area contributed by atoms with E-state index in [-0.39, 0.29) is 12.0 Å². The number of carbonyl (C=O) groups is 2. The Morgan fingerprint density at radius 1 is 1.14 bits per heavy atom. The first-order chi connectivity index (χ1) is 16.8. The fourth-order valence-corrected chi connectivity index (χ4v) is 7.27. The van der Waals surface area contributed by atoms with Gasteiger partial charge in [0, 0.05) is 43.9 Å². The zero-order chi connectivity index (χ0) is 24.7. The number of nitrogens with one attached hydrogen (secondary N) is 1. The van der Waals surface area contributed by atoms with Crippen molar-refractivity contribution in [2.45, 2.75) is 39.0 Å². The highest BCUT2D eigenvalue weighted by Gasteiger charge is 2.37. The second kappa shape index (κ2) is 9.20. The molecule has 35 heavy (non-hydrogen) atoms. The van der Waals surface area contributed by atoms with Crippen molar-refractivity contribution in [3.63, 3.8) is 0 Å². The van der Waals surface area contributed by atoms with Crippen LogP contribution >= 0.6 is 11.3 Å². The quantitative estimate of drug-likeness (QED) is 0.598. The van der Waals surface area contributed by atoms with Crippen LogP contribution in [0.25, 0.3) is 10.1 Å². The number of imide groups is 1. The first kappa shape index (κ1) is 23.7. The van der Waals surface area contributed by atoms with E-state index in [0.29, 0.717) is 34.6 Å². The van der Waals surface area contributed by atoms with E-state index in [2.05, 4.69) is 11.6 Å². The Balaban J connectivity index is 1.32. The maximum Gasteiger partial charge on any atom is 0.261 e. The van der Waals surface area contributed by atoms with Crippen LogP contribution in [-0.4, -0.2) is 37.4 Å². The van der Waals surface area contributed by atoms with Crippen molar-refractivity contribution < 1.29 is 18.0 Å². The molecule has 0 radical (unpaired) electrons. The molecule has 1 aromatic carbocycles. The van der Waals surface area contributed by atoms with Gasteiger partial charge in [-0.3, -0.25) is 24.0 Å². The van der Waals surface area contributed by atoms with Crippen LogP contribution < -0.4 is 10.2 Å². The first-order valence-electron chi connectivity index (χ1n) is 11.8. The van der Waals surface area contributed by atoms with Crippen LogP contribution in [0.2, 0.25) is 0 Å². The van der Waals surface area contributed by atoms with Crippen LogP contribution in [0.3, 0.4) is 0 Å². The number of hydrogen-bond acceptors (Lipinski definition) is 6. The second-order valence-corrected chi connectivity index (χ2v) is 12.1. The second-order valence-electron chi connectivity index (χ2n) is 9.13. The highest BCUT2D eigenvalue weighted by atomic mass is 32.2. The Hall–Kier alpha value is -3.04. The van der Waals surface area contributed by atoms with Crippen LogP contribution in [0.1, 0.15) is 36.6 Å². The number of allylic oxidation sites excluding steroid dienone is 3. The summed E-state index contributed by atoms with van der Waals surface area (Å²) in [7, 11) is -3.84. The number of rotatable bonds is 6. The highest BCUT2D eigenvalue weighted by Crippen LogP contribution is 2.33. The summed E-state index contributed by atoms with van der Waals surface area (Å²) in [4.78, 5) is 40.4. The van der Waals surface area contributed by atoms with Gasteiger partial charge in [-0.05, 0) is 55.9 Å². The maximum atomic E-state index is 13.0. The molecule has 0 fully saturated rings. The number of hydrogen-bond donors (Lipinski definition) is 1. The summed E-state index contributed by atoms with van der Waals surface area (Å²) in [6.45, 7) is 1.93. The average molecular weight is 511 g/mol. The Morgan fingerprint density at radius 2 is 1.97 bits per heavy atom. The lowest BCUT2D eigenvalue weighted by Crippen LogP contribution is -2.37. The van der Waals surface area contributed by atoms with Gasteiger partial charge in [0.05, 0.1) is 5.75 Å². The van der Waals surface area contributed by atoms with Crippen LogP contribution in [-0.2, 0) is 32.5 Å². The molecule has 1 unspecified atom stereocenters. The van der Waals surface area contributed by atoms with E-state index in [4.69, 9.17) is 0 Å². The van der Waals surface area contributed by atoms with Gasteiger partial charge in [0.25, 0.3) is 11.8 Å². The third-order valence-corrected chi connectivity index (χ3v) is 9.40. The fourth-order valence-electron chi connectivity index (χ4n) is 4.90. The van der Waals surface area contributed by atoms with Crippen molar-refractivity contribution in [1.29, 1.82) is 0 Å². The van der Waals surface area contributed by atoms with Gasteiger partial charge in [0.1, 0.15) is 0 Å². The average Bonchev–Trinajstić information content (AvgIpc) is 2.99. The summed E-state index contributed by atoms with van der Waals surface area (Å²) in [5.74, 6) is -0.751.